The van der Waals surface area contributed by atoms with Crippen LogP contribution in [0.2, 0.25) is 0 Å². The lowest BCUT2D eigenvalue weighted by Gasteiger charge is -2.23. The smallest absolute Gasteiger partial charge is 0.408 e. The van der Waals surface area contributed by atoms with Crippen LogP contribution < -0.4 is 10.6 Å². The number of aromatic amines is 1. The second kappa shape index (κ2) is 10.7. The average molecular weight is 502 g/mol. The summed E-state index contributed by atoms with van der Waals surface area (Å²) in [6, 6.07) is 18.6. The predicted molar refractivity (Wildman–Crippen MR) is 140 cm³/mol. The molecule has 0 saturated carbocycles. The molecule has 190 valence electrons. The fourth-order valence-corrected chi connectivity index (χ4v) is 3.98. The van der Waals surface area contributed by atoms with Gasteiger partial charge in [-0.15, -0.1) is 0 Å². The Morgan fingerprint density at radius 1 is 0.919 bits per heavy atom. The van der Waals surface area contributed by atoms with E-state index in [2.05, 4.69) is 15.6 Å². The maximum atomic E-state index is 14.3. The van der Waals surface area contributed by atoms with Crippen LogP contribution in [0.25, 0.3) is 10.9 Å². The van der Waals surface area contributed by atoms with E-state index in [-0.39, 0.29) is 23.2 Å². The number of halogens is 1. The highest BCUT2D eigenvalue weighted by Gasteiger charge is 2.27. The van der Waals surface area contributed by atoms with E-state index >= 15 is 0 Å². The Labute approximate surface area is 214 Å². The van der Waals surface area contributed by atoms with E-state index in [0.29, 0.717) is 0 Å². The number of carbonyl (C=O) groups is 3. The van der Waals surface area contributed by atoms with E-state index in [0.717, 1.165) is 16.5 Å². The van der Waals surface area contributed by atoms with Crippen LogP contribution in [0.1, 0.15) is 42.3 Å². The Bertz CT molecular complexity index is 1450. The molecule has 0 saturated heterocycles. The molecule has 2 amide bonds. The summed E-state index contributed by atoms with van der Waals surface area (Å²) in [6.07, 6.45) is 1.21. The number of hydrogen-bond acceptors (Lipinski definition) is 4. The third kappa shape index (κ3) is 6.22. The van der Waals surface area contributed by atoms with Crippen LogP contribution >= 0.6 is 0 Å². The fraction of sp³-hybridized carbons (Fsp3) is 0.207. The summed E-state index contributed by atoms with van der Waals surface area (Å²) in [5.41, 5.74) is 1.19. The third-order valence-electron chi connectivity index (χ3n) is 5.65. The first-order valence-corrected chi connectivity index (χ1v) is 11.9. The molecule has 0 aliphatic carbocycles. The van der Waals surface area contributed by atoms with Crippen molar-refractivity contribution in [1.82, 2.24) is 10.3 Å². The molecule has 37 heavy (non-hydrogen) atoms. The number of carbonyl (C=O) groups excluding carboxylic acids is 3. The van der Waals surface area contributed by atoms with E-state index in [9.17, 15) is 18.8 Å². The molecule has 0 fully saturated rings. The van der Waals surface area contributed by atoms with Gasteiger partial charge in [0, 0.05) is 29.1 Å². The molecule has 0 aliphatic rings. The lowest BCUT2D eigenvalue weighted by Crippen LogP contribution is -2.47. The molecule has 3 N–H and O–H groups in total. The van der Waals surface area contributed by atoms with Gasteiger partial charge in [-0.3, -0.25) is 9.59 Å². The molecular formula is C29H28FN3O4. The van der Waals surface area contributed by atoms with Crippen LogP contribution in [-0.2, 0) is 16.0 Å². The number of amides is 2. The number of benzene rings is 3. The normalized spacial score (nSPS) is 12.1. The van der Waals surface area contributed by atoms with Crippen molar-refractivity contribution in [3.05, 3.63) is 102 Å². The number of H-pyrrole nitrogens is 1. The molecule has 0 unspecified atom stereocenters. The number of ether oxygens (including phenoxy) is 1. The second-order valence-corrected chi connectivity index (χ2v) is 9.61. The van der Waals surface area contributed by atoms with E-state index in [1.54, 1.807) is 51.2 Å². The number of hydrogen-bond donors (Lipinski definition) is 3. The van der Waals surface area contributed by atoms with E-state index in [1.807, 2.05) is 24.3 Å². The highest BCUT2D eigenvalue weighted by atomic mass is 19.1. The molecule has 0 radical (unpaired) electrons. The van der Waals surface area contributed by atoms with Crippen molar-refractivity contribution in [2.75, 3.05) is 5.32 Å². The first-order chi connectivity index (χ1) is 17.6. The first-order valence-electron chi connectivity index (χ1n) is 11.9. The molecule has 0 bridgehead atoms. The summed E-state index contributed by atoms with van der Waals surface area (Å²) in [4.78, 5) is 42.3. The number of anilines is 1. The zero-order chi connectivity index (χ0) is 26.6. The fourth-order valence-electron chi connectivity index (χ4n) is 3.98. The van der Waals surface area contributed by atoms with Gasteiger partial charge in [-0.25, -0.2) is 9.18 Å². The maximum Gasteiger partial charge on any atom is 0.408 e. The Balaban J connectivity index is 1.62. The molecule has 0 aliphatic heterocycles. The van der Waals surface area contributed by atoms with Crippen LogP contribution in [0.5, 0.6) is 0 Å². The summed E-state index contributed by atoms with van der Waals surface area (Å²) < 4.78 is 19.7. The van der Waals surface area contributed by atoms with Crippen molar-refractivity contribution in [2.45, 2.75) is 38.8 Å². The second-order valence-electron chi connectivity index (χ2n) is 9.61. The third-order valence-corrected chi connectivity index (χ3v) is 5.65. The van der Waals surface area contributed by atoms with E-state index in [1.165, 1.54) is 24.3 Å². The molecule has 7 nitrogen and oxygen atoms in total. The SMILES string of the molecule is CC(C)(C)OC(=O)N[C@H](Cc1c[nH]c2ccccc12)C(=O)Nc1ccccc1C(=O)c1ccccc1F. The number of para-hydroxylation sites is 2. The van der Waals surface area contributed by atoms with E-state index in [4.69, 9.17) is 4.74 Å². The van der Waals surface area contributed by atoms with Gasteiger partial charge in [0.15, 0.2) is 5.78 Å². The molecule has 1 atom stereocenters. The molecule has 0 spiro atoms. The zero-order valence-electron chi connectivity index (χ0n) is 20.8. The van der Waals surface area contributed by atoms with Gasteiger partial charge in [-0.2, -0.15) is 0 Å². The van der Waals surface area contributed by atoms with Crippen LogP contribution in [0.15, 0.2) is 79.0 Å². The molecule has 1 aromatic heterocycles. The number of fused-ring (bicyclic) bond motifs is 1. The molecule has 4 rings (SSSR count). The summed E-state index contributed by atoms with van der Waals surface area (Å²) in [7, 11) is 0. The van der Waals surface area contributed by atoms with Gasteiger partial charge < -0.3 is 20.4 Å². The molecule has 1 heterocycles. The van der Waals surface area contributed by atoms with Gasteiger partial charge in [0.25, 0.3) is 0 Å². The largest absolute Gasteiger partial charge is 0.444 e. The van der Waals surface area contributed by atoms with Crippen molar-refractivity contribution in [1.29, 1.82) is 0 Å². The van der Waals surface area contributed by atoms with Crippen LogP contribution in [0.4, 0.5) is 14.9 Å². The van der Waals surface area contributed by atoms with Crippen LogP contribution in [0, 0.1) is 5.82 Å². The van der Waals surface area contributed by atoms with Crippen LogP contribution in [-0.4, -0.2) is 34.4 Å². The molecule has 8 heteroatoms. The molecular weight excluding hydrogens is 473 g/mol. The Morgan fingerprint density at radius 3 is 2.30 bits per heavy atom. The Kier molecular flexibility index (Phi) is 7.38. The molecule has 4 aromatic rings. The summed E-state index contributed by atoms with van der Waals surface area (Å²) >= 11 is 0. The summed E-state index contributed by atoms with van der Waals surface area (Å²) in [6.45, 7) is 5.18. The minimum Gasteiger partial charge on any atom is -0.444 e. The summed E-state index contributed by atoms with van der Waals surface area (Å²) in [5.74, 6) is -1.77. The maximum absolute atomic E-state index is 14.3. The zero-order valence-corrected chi connectivity index (χ0v) is 20.8. The van der Waals surface area contributed by atoms with Gasteiger partial charge in [-0.05, 0) is 56.7 Å². The lowest BCUT2D eigenvalue weighted by atomic mass is 10.0. The number of ketones is 1. The van der Waals surface area contributed by atoms with Crippen LogP contribution in [0.3, 0.4) is 0 Å². The van der Waals surface area contributed by atoms with Crippen molar-refractivity contribution < 1.29 is 23.5 Å². The number of alkyl carbamates (subject to hydrolysis) is 1. The standard InChI is InChI=1S/C29H28FN3O4/c1-29(2,3)37-28(36)33-25(16-18-17-31-23-14-8-5-10-19(18)23)27(35)32-24-15-9-6-12-21(24)26(34)20-11-4-7-13-22(20)30/h4-15,17,25,31H,16H2,1-3H3,(H,32,35)(H,33,36)/t25-/m1/s1. The Hall–Kier alpha value is -4.46. The average Bonchev–Trinajstić information content (AvgIpc) is 3.25. The minimum absolute atomic E-state index is 0.105. The molecule has 3 aromatic carbocycles. The van der Waals surface area contributed by atoms with Gasteiger partial charge in [0.1, 0.15) is 17.5 Å². The quantitative estimate of drug-likeness (QED) is 0.287. The van der Waals surface area contributed by atoms with Crippen molar-refractivity contribution in [3.63, 3.8) is 0 Å². The minimum atomic E-state index is -1.02. The van der Waals surface area contributed by atoms with Gasteiger partial charge in [-0.1, -0.05) is 42.5 Å². The predicted octanol–water partition coefficient (Wildman–Crippen LogP) is 5.61. The Morgan fingerprint density at radius 2 is 1.57 bits per heavy atom. The van der Waals surface area contributed by atoms with Crippen molar-refractivity contribution >= 4 is 34.4 Å². The highest BCUT2D eigenvalue weighted by molar-refractivity contribution is 6.14. The summed E-state index contributed by atoms with van der Waals surface area (Å²) in [5, 5.41) is 6.32. The van der Waals surface area contributed by atoms with E-state index < -0.39 is 35.2 Å². The topological polar surface area (TPSA) is 100 Å². The van der Waals surface area contributed by atoms with Gasteiger partial charge in [0.05, 0.1) is 11.3 Å². The van der Waals surface area contributed by atoms with Gasteiger partial charge >= 0.3 is 6.09 Å². The number of rotatable bonds is 7. The first kappa shape index (κ1) is 25.6. The van der Waals surface area contributed by atoms with Crippen molar-refractivity contribution in [3.8, 4) is 0 Å². The number of nitrogens with one attached hydrogen (secondary N) is 3. The van der Waals surface area contributed by atoms with Gasteiger partial charge in [0.2, 0.25) is 5.91 Å². The number of aromatic nitrogens is 1. The monoisotopic (exact) mass is 501 g/mol. The highest BCUT2D eigenvalue weighted by Crippen LogP contribution is 2.23. The lowest BCUT2D eigenvalue weighted by molar-refractivity contribution is -0.118. The van der Waals surface area contributed by atoms with Crippen molar-refractivity contribution in [2.24, 2.45) is 0 Å².